The summed E-state index contributed by atoms with van der Waals surface area (Å²) in [7, 11) is 3.22. The van der Waals surface area contributed by atoms with Gasteiger partial charge in [0.05, 0.1) is 36.3 Å². The van der Waals surface area contributed by atoms with Crippen molar-refractivity contribution in [1.29, 1.82) is 0 Å². The van der Waals surface area contributed by atoms with Crippen molar-refractivity contribution in [3.8, 4) is 0 Å². The van der Waals surface area contributed by atoms with Crippen molar-refractivity contribution in [2.24, 2.45) is 12.0 Å². The van der Waals surface area contributed by atoms with Crippen LogP contribution in [0.5, 0.6) is 0 Å². The molecule has 7 heteroatoms. The summed E-state index contributed by atoms with van der Waals surface area (Å²) in [5.74, 6) is -1.50. The van der Waals surface area contributed by atoms with E-state index in [9.17, 15) is 9.59 Å². The number of allylic oxidation sites excluding steroid dienone is 3. The van der Waals surface area contributed by atoms with Crippen LogP contribution in [-0.2, 0) is 26.1 Å². The standard InChI is InChI=1S/C23H29N3O4/c1-14-9-10-23(4,25-14)11-13-30-22(28)19-16(3)24-15(2)18(21(27)29-6)20(19)17-8-7-12-26(17)5/h7-10,12,20,24H,11,13H2,1-6H3. The molecule has 1 N–H and O–H groups in total. The number of hydrogen-bond donors (Lipinski definition) is 1. The zero-order valence-electron chi connectivity index (χ0n) is 18.4. The first kappa shape index (κ1) is 21.6. The molecule has 0 bridgehead atoms. The van der Waals surface area contributed by atoms with Crippen molar-refractivity contribution >= 4 is 17.7 Å². The first-order chi connectivity index (χ1) is 14.2. The van der Waals surface area contributed by atoms with E-state index < -0.39 is 17.9 Å². The van der Waals surface area contributed by atoms with Gasteiger partial charge in [0.25, 0.3) is 0 Å². The summed E-state index contributed by atoms with van der Waals surface area (Å²) in [6.45, 7) is 7.81. The molecule has 2 atom stereocenters. The number of nitrogens with zero attached hydrogens (tertiary/aromatic N) is 2. The number of ether oxygens (including phenoxy) is 2. The molecule has 3 rings (SSSR count). The summed E-state index contributed by atoms with van der Waals surface area (Å²) in [5, 5.41) is 3.15. The zero-order chi connectivity index (χ0) is 22.1. The fraction of sp³-hybridized carbons (Fsp3) is 0.435. The summed E-state index contributed by atoms with van der Waals surface area (Å²) in [6.07, 6.45) is 6.46. The Hall–Kier alpha value is -3.09. The van der Waals surface area contributed by atoms with Crippen molar-refractivity contribution in [2.45, 2.75) is 45.6 Å². The minimum Gasteiger partial charge on any atom is -0.466 e. The molecular weight excluding hydrogens is 382 g/mol. The van der Waals surface area contributed by atoms with Crippen LogP contribution < -0.4 is 5.32 Å². The Morgan fingerprint density at radius 1 is 1.20 bits per heavy atom. The predicted octanol–water partition coefficient (Wildman–Crippen LogP) is 3.16. The molecule has 1 aromatic heterocycles. The molecule has 0 spiro atoms. The topological polar surface area (TPSA) is 81.9 Å². The molecule has 0 saturated carbocycles. The van der Waals surface area contributed by atoms with Gasteiger partial charge in [0, 0.05) is 42.5 Å². The SMILES string of the molecule is COC(=O)C1=C(C)NC(C)=C(C(=O)OCCC2(C)C=CC(C)=N2)C1c1cccn1C. The number of rotatable bonds is 6. The molecule has 0 fully saturated rings. The van der Waals surface area contributed by atoms with Crippen LogP contribution in [0.1, 0.15) is 45.7 Å². The first-order valence-corrected chi connectivity index (χ1v) is 9.98. The first-order valence-electron chi connectivity index (χ1n) is 9.98. The van der Waals surface area contributed by atoms with E-state index in [1.807, 2.05) is 62.9 Å². The minimum absolute atomic E-state index is 0.226. The Labute approximate surface area is 177 Å². The fourth-order valence-electron chi connectivity index (χ4n) is 4.06. The third-order valence-electron chi connectivity index (χ3n) is 5.62. The smallest absolute Gasteiger partial charge is 0.336 e. The highest BCUT2D eigenvalue weighted by Crippen LogP contribution is 2.39. The second-order valence-corrected chi connectivity index (χ2v) is 8.00. The van der Waals surface area contributed by atoms with E-state index in [4.69, 9.17) is 9.47 Å². The number of nitrogens with one attached hydrogen (secondary N) is 1. The maximum absolute atomic E-state index is 13.2. The summed E-state index contributed by atoms with van der Waals surface area (Å²) >= 11 is 0. The van der Waals surface area contributed by atoms with Crippen LogP contribution in [0.25, 0.3) is 0 Å². The van der Waals surface area contributed by atoms with E-state index in [0.717, 1.165) is 11.4 Å². The van der Waals surface area contributed by atoms with Gasteiger partial charge in [0.15, 0.2) is 0 Å². The van der Waals surface area contributed by atoms with Crippen LogP contribution in [0, 0.1) is 0 Å². The molecule has 7 nitrogen and oxygen atoms in total. The molecule has 0 amide bonds. The predicted molar refractivity (Wildman–Crippen MR) is 115 cm³/mol. The van der Waals surface area contributed by atoms with Crippen LogP contribution in [0.3, 0.4) is 0 Å². The lowest BCUT2D eigenvalue weighted by Crippen LogP contribution is -2.33. The molecule has 0 aliphatic carbocycles. The number of aliphatic imine (C=N–C) groups is 1. The van der Waals surface area contributed by atoms with Gasteiger partial charge in [0.2, 0.25) is 0 Å². The van der Waals surface area contributed by atoms with Crippen LogP contribution >= 0.6 is 0 Å². The summed E-state index contributed by atoms with van der Waals surface area (Å²) < 4.78 is 12.6. The number of methoxy groups -OCH3 is 1. The van der Waals surface area contributed by atoms with Crippen LogP contribution in [-0.4, -0.2) is 41.5 Å². The lowest BCUT2D eigenvalue weighted by atomic mass is 9.83. The van der Waals surface area contributed by atoms with Gasteiger partial charge in [-0.2, -0.15) is 0 Å². The Balaban J connectivity index is 1.88. The molecule has 0 radical (unpaired) electrons. The maximum atomic E-state index is 13.2. The van der Waals surface area contributed by atoms with E-state index in [-0.39, 0.29) is 12.1 Å². The third-order valence-corrected chi connectivity index (χ3v) is 5.62. The van der Waals surface area contributed by atoms with Crippen molar-refractivity contribution in [1.82, 2.24) is 9.88 Å². The van der Waals surface area contributed by atoms with Crippen molar-refractivity contribution in [3.05, 3.63) is 58.7 Å². The molecule has 2 aliphatic heterocycles. The van der Waals surface area contributed by atoms with E-state index in [1.54, 1.807) is 6.92 Å². The second kappa shape index (κ2) is 8.34. The normalized spacial score (nSPS) is 23.4. The highest BCUT2D eigenvalue weighted by molar-refractivity contribution is 5.99. The largest absolute Gasteiger partial charge is 0.466 e. The van der Waals surface area contributed by atoms with E-state index in [0.29, 0.717) is 29.0 Å². The third kappa shape index (κ3) is 4.10. The number of carbonyl (C=O) groups is 2. The molecule has 1 aromatic rings. The number of carbonyl (C=O) groups excluding carboxylic acids is 2. The Morgan fingerprint density at radius 2 is 1.87 bits per heavy atom. The van der Waals surface area contributed by atoms with Gasteiger partial charge in [-0.3, -0.25) is 4.99 Å². The summed E-state index contributed by atoms with van der Waals surface area (Å²) in [5.41, 5.74) is 3.56. The zero-order valence-corrected chi connectivity index (χ0v) is 18.4. The van der Waals surface area contributed by atoms with Crippen molar-refractivity contribution in [2.75, 3.05) is 13.7 Å². The second-order valence-electron chi connectivity index (χ2n) is 8.00. The Bertz CT molecular complexity index is 996. The number of esters is 2. The number of aryl methyl sites for hydroxylation is 1. The lowest BCUT2D eigenvalue weighted by molar-refractivity contribution is -0.139. The van der Waals surface area contributed by atoms with E-state index in [1.165, 1.54) is 7.11 Å². The average Bonchev–Trinajstić information content (AvgIpc) is 3.25. The number of aromatic nitrogens is 1. The number of hydrogen-bond acceptors (Lipinski definition) is 6. The molecule has 30 heavy (non-hydrogen) atoms. The highest BCUT2D eigenvalue weighted by atomic mass is 16.5. The minimum atomic E-state index is -0.576. The summed E-state index contributed by atoms with van der Waals surface area (Å²) in [4.78, 5) is 30.4. The summed E-state index contributed by atoms with van der Waals surface area (Å²) in [6, 6.07) is 3.78. The van der Waals surface area contributed by atoms with Crippen LogP contribution in [0.15, 0.2) is 58.0 Å². The molecule has 2 unspecified atom stereocenters. The van der Waals surface area contributed by atoms with E-state index in [2.05, 4.69) is 10.3 Å². The average molecular weight is 412 g/mol. The molecule has 3 heterocycles. The van der Waals surface area contributed by atoms with Crippen LogP contribution in [0.4, 0.5) is 0 Å². The molecule has 2 aliphatic rings. The Morgan fingerprint density at radius 3 is 2.40 bits per heavy atom. The fourth-order valence-corrected chi connectivity index (χ4v) is 4.06. The van der Waals surface area contributed by atoms with Gasteiger partial charge in [-0.1, -0.05) is 6.08 Å². The molecular formula is C23H29N3O4. The molecule has 0 saturated heterocycles. The quantitative estimate of drug-likeness (QED) is 0.727. The lowest BCUT2D eigenvalue weighted by Gasteiger charge is -2.30. The van der Waals surface area contributed by atoms with Gasteiger partial charge in [-0.25, -0.2) is 9.59 Å². The van der Waals surface area contributed by atoms with Gasteiger partial charge in [-0.05, 0) is 45.9 Å². The van der Waals surface area contributed by atoms with Gasteiger partial charge in [0.1, 0.15) is 0 Å². The van der Waals surface area contributed by atoms with E-state index >= 15 is 0 Å². The van der Waals surface area contributed by atoms with Gasteiger partial charge >= 0.3 is 11.9 Å². The Kier molecular flexibility index (Phi) is 6.01. The molecule has 0 aromatic carbocycles. The van der Waals surface area contributed by atoms with Crippen molar-refractivity contribution in [3.63, 3.8) is 0 Å². The van der Waals surface area contributed by atoms with Crippen molar-refractivity contribution < 1.29 is 19.1 Å². The monoisotopic (exact) mass is 411 g/mol. The van der Waals surface area contributed by atoms with Gasteiger partial charge < -0.3 is 19.4 Å². The highest BCUT2D eigenvalue weighted by Gasteiger charge is 2.39. The maximum Gasteiger partial charge on any atom is 0.336 e. The number of dihydropyridines is 1. The van der Waals surface area contributed by atoms with Crippen LogP contribution in [0.2, 0.25) is 0 Å². The van der Waals surface area contributed by atoms with Gasteiger partial charge in [-0.15, -0.1) is 0 Å². The molecule has 160 valence electrons.